The smallest absolute Gasteiger partial charge is 0.321 e. The number of hydrogen-bond acceptors (Lipinski definition) is 5. The summed E-state index contributed by atoms with van der Waals surface area (Å²) in [6.07, 6.45) is 5.00. The van der Waals surface area contributed by atoms with Gasteiger partial charge in [-0.3, -0.25) is 0 Å². The van der Waals surface area contributed by atoms with Crippen molar-refractivity contribution in [2.75, 3.05) is 50.6 Å². The zero-order valence-electron chi connectivity index (χ0n) is 16.5. The van der Waals surface area contributed by atoms with Gasteiger partial charge in [-0.2, -0.15) is 4.98 Å². The Morgan fingerprint density at radius 2 is 2.04 bits per heavy atom. The van der Waals surface area contributed by atoms with Gasteiger partial charge in [-0.15, -0.1) is 5.10 Å². The Morgan fingerprint density at radius 1 is 1.21 bits per heavy atom. The van der Waals surface area contributed by atoms with E-state index in [4.69, 9.17) is 4.74 Å². The normalized spacial score (nSPS) is 20.4. The Kier molecular flexibility index (Phi) is 5.47. The minimum Gasteiger partial charge on any atom is -0.381 e. The van der Waals surface area contributed by atoms with Crippen LogP contribution in [0.3, 0.4) is 0 Å². The van der Waals surface area contributed by atoms with Gasteiger partial charge in [-0.05, 0) is 49.3 Å². The lowest BCUT2D eigenvalue weighted by Crippen LogP contribution is -2.34. The van der Waals surface area contributed by atoms with Gasteiger partial charge in [0.25, 0.3) is 0 Å². The predicted octanol–water partition coefficient (Wildman–Crippen LogP) is 2.61. The fourth-order valence-electron chi connectivity index (χ4n) is 4.06. The van der Waals surface area contributed by atoms with Crippen molar-refractivity contribution in [2.24, 2.45) is 11.8 Å². The Morgan fingerprint density at radius 3 is 2.79 bits per heavy atom. The molecule has 0 bridgehead atoms. The molecule has 1 unspecified atom stereocenters. The van der Waals surface area contributed by atoms with E-state index >= 15 is 0 Å². The van der Waals surface area contributed by atoms with Gasteiger partial charge in [0.2, 0.25) is 5.95 Å². The van der Waals surface area contributed by atoms with Crippen molar-refractivity contribution in [1.29, 1.82) is 0 Å². The first-order valence-corrected chi connectivity index (χ1v) is 9.93. The van der Waals surface area contributed by atoms with Crippen molar-refractivity contribution in [3.8, 4) is 5.69 Å². The lowest BCUT2D eigenvalue weighted by atomic mass is 9.85. The summed E-state index contributed by atoms with van der Waals surface area (Å²) in [7, 11) is 3.81. The number of likely N-dealkylation sites (tertiary alicyclic amines) is 1. The number of urea groups is 1. The molecule has 150 valence electrons. The van der Waals surface area contributed by atoms with Crippen LogP contribution in [0.15, 0.2) is 30.6 Å². The number of anilines is 2. The second-order valence-electron chi connectivity index (χ2n) is 7.81. The molecule has 8 heteroatoms. The number of nitrogens with one attached hydrogen (secondary N) is 1. The van der Waals surface area contributed by atoms with E-state index in [1.54, 1.807) is 11.0 Å². The summed E-state index contributed by atoms with van der Waals surface area (Å²) in [6.45, 7) is 3.38. The average molecular weight is 384 g/mol. The molecule has 28 heavy (non-hydrogen) atoms. The molecule has 2 saturated heterocycles. The molecular weight excluding hydrogens is 356 g/mol. The highest BCUT2D eigenvalue weighted by atomic mass is 16.5. The predicted molar refractivity (Wildman–Crippen MR) is 108 cm³/mol. The van der Waals surface area contributed by atoms with Crippen LogP contribution in [0.5, 0.6) is 0 Å². The van der Waals surface area contributed by atoms with Crippen LogP contribution in [-0.2, 0) is 4.74 Å². The van der Waals surface area contributed by atoms with Crippen molar-refractivity contribution in [1.82, 2.24) is 19.7 Å². The van der Waals surface area contributed by atoms with E-state index < -0.39 is 0 Å². The summed E-state index contributed by atoms with van der Waals surface area (Å²) in [6, 6.07) is 7.65. The van der Waals surface area contributed by atoms with Crippen LogP contribution in [0.2, 0.25) is 0 Å². The molecule has 3 heterocycles. The van der Waals surface area contributed by atoms with E-state index in [0.29, 0.717) is 17.8 Å². The standard InChI is InChI=1S/C20H28N6O2/c1-24(2)19-21-14-26(23-19)18-5-3-4-17(12-18)22-20(27)25-9-6-16(13-25)15-7-10-28-11-8-15/h3-5,12,14-16H,6-11,13H2,1-2H3,(H,22,27). The van der Waals surface area contributed by atoms with Gasteiger partial charge >= 0.3 is 6.03 Å². The van der Waals surface area contributed by atoms with Crippen LogP contribution in [-0.4, -0.2) is 66.1 Å². The van der Waals surface area contributed by atoms with Crippen LogP contribution in [0, 0.1) is 11.8 Å². The molecule has 2 aliphatic rings. The molecule has 2 aliphatic heterocycles. The number of carbonyl (C=O) groups is 1. The van der Waals surface area contributed by atoms with Crippen molar-refractivity contribution < 1.29 is 9.53 Å². The molecule has 1 N–H and O–H groups in total. The Labute approximate surface area is 165 Å². The van der Waals surface area contributed by atoms with Gasteiger partial charge in [0, 0.05) is 46.1 Å². The average Bonchev–Trinajstić information content (AvgIpc) is 3.39. The van der Waals surface area contributed by atoms with E-state index in [9.17, 15) is 4.79 Å². The highest BCUT2D eigenvalue weighted by Crippen LogP contribution is 2.31. The van der Waals surface area contributed by atoms with E-state index in [0.717, 1.165) is 56.9 Å². The number of nitrogens with zero attached hydrogens (tertiary/aromatic N) is 5. The van der Waals surface area contributed by atoms with Gasteiger partial charge in [0.05, 0.1) is 5.69 Å². The zero-order valence-corrected chi connectivity index (χ0v) is 16.5. The van der Waals surface area contributed by atoms with Crippen LogP contribution < -0.4 is 10.2 Å². The third-order valence-electron chi connectivity index (χ3n) is 5.69. The molecule has 2 fully saturated rings. The number of aromatic nitrogens is 3. The summed E-state index contributed by atoms with van der Waals surface area (Å²) in [4.78, 5) is 20.8. The molecule has 4 rings (SSSR count). The van der Waals surface area contributed by atoms with Crippen LogP contribution in [0.4, 0.5) is 16.4 Å². The molecule has 0 saturated carbocycles. The van der Waals surface area contributed by atoms with E-state index in [1.165, 1.54) is 0 Å². The molecule has 1 aromatic carbocycles. The second kappa shape index (κ2) is 8.18. The minimum absolute atomic E-state index is 0.0284. The first kappa shape index (κ1) is 18.7. The number of benzene rings is 1. The summed E-state index contributed by atoms with van der Waals surface area (Å²) in [5, 5.41) is 7.47. The molecule has 2 aromatic rings. The quantitative estimate of drug-likeness (QED) is 0.877. The molecule has 2 amide bonds. The third-order valence-corrected chi connectivity index (χ3v) is 5.69. The highest BCUT2D eigenvalue weighted by Gasteiger charge is 2.32. The number of hydrogen-bond donors (Lipinski definition) is 1. The van der Waals surface area contributed by atoms with E-state index in [-0.39, 0.29) is 6.03 Å². The number of carbonyl (C=O) groups excluding carboxylic acids is 1. The summed E-state index contributed by atoms with van der Waals surface area (Å²) in [5.74, 6) is 1.93. The molecule has 8 nitrogen and oxygen atoms in total. The van der Waals surface area contributed by atoms with Gasteiger partial charge in [0.1, 0.15) is 6.33 Å². The van der Waals surface area contributed by atoms with Crippen molar-refractivity contribution >= 4 is 17.7 Å². The van der Waals surface area contributed by atoms with Gasteiger partial charge in [0.15, 0.2) is 0 Å². The lowest BCUT2D eigenvalue weighted by Gasteiger charge is -2.27. The second-order valence-corrected chi connectivity index (χ2v) is 7.81. The van der Waals surface area contributed by atoms with E-state index in [1.807, 2.05) is 48.2 Å². The maximum atomic E-state index is 12.7. The molecule has 0 radical (unpaired) electrons. The van der Waals surface area contributed by atoms with E-state index in [2.05, 4.69) is 15.4 Å². The van der Waals surface area contributed by atoms with Gasteiger partial charge in [-0.1, -0.05) is 6.07 Å². The fraction of sp³-hybridized carbons (Fsp3) is 0.550. The van der Waals surface area contributed by atoms with Gasteiger partial charge < -0.3 is 19.9 Å². The minimum atomic E-state index is -0.0284. The molecule has 0 aliphatic carbocycles. The number of ether oxygens (including phenoxy) is 1. The Balaban J connectivity index is 1.38. The van der Waals surface area contributed by atoms with Crippen LogP contribution in [0.25, 0.3) is 5.69 Å². The van der Waals surface area contributed by atoms with Crippen molar-refractivity contribution in [3.63, 3.8) is 0 Å². The Hall–Kier alpha value is -2.61. The van der Waals surface area contributed by atoms with Crippen LogP contribution in [0.1, 0.15) is 19.3 Å². The topological polar surface area (TPSA) is 75.5 Å². The number of amides is 2. The zero-order chi connectivity index (χ0) is 19.5. The summed E-state index contributed by atoms with van der Waals surface area (Å²) in [5.41, 5.74) is 1.62. The van der Waals surface area contributed by atoms with Crippen LogP contribution >= 0.6 is 0 Å². The maximum absolute atomic E-state index is 12.7. The lowest BCUT2D eigenvalue weighted by molar-refractivity contribution is 0.0485. The largest absolute Gasteiger partial charge is 0.381 e. The van der Waals surface area contributed by atoms with Crippen molar-refractivity contribution in [2.45, 2.75) is 19.3 Å². The van der Waals surface area contributed by atoms with Gasteiger partial charge in [-0.25, -0.2) is 9.48 Å². The first-order chi connectivity index (χ1) is 13.6. The Bertz CT molecular complexity index is 815. The highest BCUT2D eigenvalue weighted by molar-refractivity contribution is 5.89. The first-order valence-electron chi connectivity index (χ1n) is 9.93. The fourth-order valence-corrected chi connectivity index (χ4v) is 4.06. The SMILES string of the molecule is CN(C)c1ncn(-c2cccc(NC(=O)N3CCC(C4CCOCC4)C3)c2)n1. The molecular formula is C20H28N6O2. The maximum Gasteiger partial charge on any atom is 0.321 e. The monoisotopic (exact) mass is 384 g/mol. The summed E-state index contributed by atoms with van der Waals surface area (Å²) >= 11 is 0. The van der Waals surface area contributed by atoms with Crippen molar-refractivity contribution in [3.05, 3.63) is 30.6 Å². The summed E-state index contributed by atoms with van der Waals surface area (Å²) < 4.78 is 7.18. The molecule has 0 spiro atoms. The molecule has 1 atom stereocenters. The third kappa shape index (κ3) is 4.11. The molecule has 1 aromatic heterocycles. The number of rotatable bonds is 4.